The molecule has 0 amide bonds. The van der Waals surface area contributed by atoms with Gasteiger partial charge in [-0.3, -0.25) is 4.79 Å². The molecule has 3 aromatic heterocycles. The molecule has 5 rings (SSSR count). The number of carboxylic acids is 1. The minimum atomic E-state index is -0.634. The van der Waals surface area contributed by atoms with Crippen LogP contribution < -0.4 is 5.32 Å². The number of pyridine rings is 1. The van der Waals surface area contributed by atoms with Gasteiger partial charge in [-0.15, -0.1) is 0 Å². The van der Waals surface area contributed by atoms with E-state index in [4.69, 9.17) is 0 Å². The number of hydrogen-bond acceptors (Lipinski definition) is 5. The summed E-state index contributed by atoms with van der Waals surface area (Å²) in [7, 11) is 0. The standard InChI is InChI=1S/C19H21N5O2/c25-18(26)11-3-5-19(6-4-11)8-12(9-19)23-16-14-13-2-1-7-20-15(13)24-17(14)22-10-21-16/h1-2,7,10-12H,3-6,8-9H2,(H,25,26)(H2,20,21,22,23,24). The van der Waals surface area contributed by atoms with Gasteiger partial charge in [0.25, 0.3) is 0 Å². The Bertz CT molecular complexity index is 982. The number of rotatable bonds is 3. The van der Waals surface area contributed by atoms with Crippen LogP contribution in [0.5, 0.6) is 0 Å². The van der Waals surface area contributed by atoms with Crippen molar-refractivity contribution in [1.29, 1.82) is 0 Å². The van der Waals surface area contributed by atoms with Crippen molar-refractivity contribution in [3.63, 3.8) is 0 Å². The van der Waals surface area contributed by atoms with E-state index in [0.717, 1.165) is 66.4 Å². The molecule has 3 heterocycles. The number of H-pyrrole nitrogens is 1. The molecule has 26 heavy (non-hydrogen) atoms. The molecular weight excluding hydrogens is 330 g/mol. The van der Waals surface area contributed by atoms with Crippen LogP contribution in [-0.2, 0) is 4.79 Å². The summed E-state index contributed by atoms with van der Waals surface area (Å²) in [5.41, 5.74) is 1.95. The highest BCUT2D eigenvalue weighted by Crippen LogP contribution is 2.53. The third-order valence-electron chi connectivity index (χ3n) is 6.26. The molecule has 0 aromatic carbocycles. The van der Waals surface area contributed by atoms with Crippen LogP contribution in [0.3, 0.4) is 0 Å². The molecule has 2 fully saturated rings. The van der Waals surface area contributed by atoms with Gasteiger partial charge in [0.05, 0.1) is 11.3 Å². The van der Waals surface area contributed by atoms with Crippen molar-refractivity contribution in [2.45, 2.75) is 44.6 Å². The molecule has 2 saturated carbocycles. The molecule has 3 aromatic rings. The van der Waals surface area contributed by atoms with E-state index in [1.54, 1.807) is 12.5 Å². The van der Waals surface area contributed by atoms with Gasteiger partial charge in [0.15, 0.2) is 0 Å². The molecule has 3 N–H and O–H groups in total. The Morgan fingerprint density at radius 3 is 2.77 bits per heavy atom. The number of aromatic amines is 1. The Kier molecular flexibility index (Phi) is 3.38. The highest BCUT2D eigenvalue weighted by Gasteiger charge is 2.47. The number of aromatic nitrogens is 4. The third kappa shape index (κ3) is 2.41. The van der Waals surface area contributed by atoms with Gasteiger partial charge in [0, 0.05) is 17.6 Å². The monoisotopic (exact) mass is 351 g/mol. The van der Waals surface area contributed by atoms with Crippen LogP contribution in [0.25, 0.3) is 22.1 Å². The van der Waals surface area contributed by atoms with E-state index < -0.39 is 5.97 Å². The van der Waals surface area contributed by atoms with Crippen LogP contribution >= 0.6 is 0 Å². The first-order chi connectivity index (χ1) is 12.6. The van der Waals surface area contributed by atoms with Crippen molar-refractivity contribution in [2.75, 3.05) is 5.32 Å². The van der Waals surface area contributed by atoms with E-state index in [1.165, 1.54) is 0 Å². The topological polar surface area (TPSA) is 104 Å². The van der Waals surface area contributed by atoms with Gasteiger partial charge >= 0.3 is 5.97 Å². The van der Waals surface area contributed by atoms with Crippen LogP contribution in [0.1, 0.15) is 38.5 Å². The van der Waals surface area contributed by atoms with Crippen molar-refractivity contribution in [2.24, 2.45) is 11.3 Å². The highest BCUT2D eigenvalue weighted by molar-refractivity contribution is 6.09. The number of anilines is 1. The lowest BCUT2D eigenvalue weighted by Gasteiger charge is -2.51. The Hall–Kier alpha value is -2.70. The van der Waals surface area contributed by atoms with Gasteiger partial charge in [0.1, 0.15) is 23.4 Å². The van der Waals surface area contributed by atoms with Gasteiger partial charge in [-0.2, -0.15) is 0 Å². The lowest BCUT2D eigenvalue weighted by atomic mass is 9.57. The zero-order chi connectivity index (χ0) is 17.7. The second-order valence-corrected chi connectivity index (χ2v) is 7.83. The first kappa shape index (κ1) is 15.5. The Morgan fingerprint density at radius 1 is 1.19 bits per heavy atom. The van der Waals surface area contributed by atoms with Crippen LogP contribution in [0.4, 0.5) is 5.82 Å². The number of carboxylic acid groups (broad SMARTS) is 1. The fourth-order valence-electron chi connectivity index (χ4n) is 4.83. The second kappa shape index (κ2) is 5.65. The first-order valence-corrected chi connectivity index (χ1v) is 9.20. The van der Waals surface area contributed by atoms with E-state index in [0.29, 0.717) is 11.5 Å². The maximum atomic E-state index is 11.1. The smallest absolute Gasteiger partial charge is 0.306 e. The largest absolute Gasteiger partial charge is 0.481 e. The average molecular weight is 351 g/mol. The molecular formula is C19H21N5O2. The average Bonchev–Trinajstić information content (AvgIpc) is 3.00. The molecule has 7 nitrogen and oxygen atoms in total. The minimum absolute atomic E-state index is 0.146. The van der Waals surface area contributed by atoms with Crippen molar-refractivity contribution < 1.29 is 9.90 Å². The summed E-state index contributed by atoms with van der Waals surface area (Å²) in [5.74, 6) is 0.0753. The summed E-state index contributed by atoms with van der Waals surface area (Å²) in [6.07, 6.45) is 9.20. The number of nitrogens with one attached hydrogen (secondary N) is 2. The van der Waals surface area contributed by atoms with Gasteiger partial charge in [-0.05, 0) is 56.1 Å². The summed E-state index contributed by atoms with van der Waals surface area (Å²) in [5, 5.41) is 14.8. The van der Waals surface area contributed by atoms with Crippen molar-refractivity contribution >= 4 is 33.9 Å². The maximum Gasteiger partial charge on any atom is 0.306 e. The lowest BCUT2D eigenvalue weighted by molar-refractivity contribution is -0.144. The van der Waals surface area contributed by atoms with Gasteiger partial charge in [0.2, 0.25) is 0 Å². The van der Waals surface area contributed by atoms with E-state index in [9.17, 15) is 9.90 Å². The van der Waals surface area contributed by atoms with Gasteiger partial charge < -0.3 is 15.4 Å². The van der Waals surface area contributed by atoms with Crippen LogP contribution in [0, 0.1) is 11.3 Å². The SMILES string of the molecule is O=C(O)C1CCC2(CC1)CC(Nc1ncnc3[nH]c4ncccc4c13)C2. The van der Waals surface area contributed by atoms with E-state index in [2.05, 4.69) is 25.3 Å². The first-order valence-electron chi connectivity index (χ1n) is 9.20. The van der Waals surface area contributed by atoms with E-state index in [1.807, 2.05) is 12.1 Å². The van der Waals surface area contributed by atoms with E-state index >= 15 is 0 Å². The van der Waals surface area contributed by atoms with Crippen LogP contribution in [0.15, 0.2) is 24.7 Å². The highest BCUT2D eigenvalue weighted by atomic mass is 16.4. The molecule has 0 unspecified atom stereocenters. The van der Waals surface area contributed by atoms with Crippen molar-refractivity contribution in [1.82, 2.24) is 19.9 Å². The number of hydrogen-bond donors (Lipinski definition) is 3. The number of fused-ring (bicyclic) bond motifs is 3. The molecule has 0 radical (unpaired) electrons. The molecule has 134 valence electrons. The quantitative estimate of drug-likeness (QED) is 0.668. The van der Waals surface area contributed by atoms with Gasteiger partial charge in [-0.25, -0.2) is 15.0 Å². The van der Waals surface area contributed by atoms with Crippen LogP contribution in [0.2, 0.25) is 0 Å². The normalized spacial score (nSPS) is 28.3. The third-order valence-corrected chi connectivity index (χ3v) is 6.26. The fraction of sp³-hybridized carbons (Fsp3) is 0.474. The number of carbonyl (C=O) groups is 1. The molecule has 0 aliphatic heterocycles. The molecule has 2 aliphatic rings. The maximum absolute atomic E-state index is 11.1. The predicted molar refractivity (Wildman–Crippen MR) is 97.9 cm³/mol. The lowest BCUT2D eigenvalue weighted by Crippen LogP contribution is -2.47. The predicted octanol–water partition coefficient (Wildman–Crippen LogP) is 3.34. The molecule has 0 bridgehead atoms. The molecule has 1 spiro atoms. The number of aliphatic carboxylic acids is 1. The summed E-state index contributed by atoms with van der Waals surface area (Å²) in [6, 6.07) is 4.34. The molecule has 0 saturated heterocycles. The van der Waals surface area contributed by atoms with Crippen LogP contribution in [-0.4, -0.2) is 37.1 Å². The second-order valence-electron chi connectivity index (χ2n) is 7.83. The summed E-state index contributed by atoms with van der Waals surface area (Å²) >= 11 is 0. The summed E-state index contributed by atoms with van der Waals surface area (Å²) in [4.78, 5) is 27.6. The minimum Gasteiger partial charge on any atom is -0.481 e. The van der Waals surface area contributed by atoms with Gasteiger partial charge in [-0.1, -0.05) is 0 Å². The van der Waals surface area contributed by atoms with Crippen molar-refractivity contribution in [3.8, 4) is 0 Å². The Labute approximate surface area is 150 Å². The molecule has 2 aliphatic carbocycles. The zero-order valence-electron chi connectivity index (χ0n) is 14.4. The number of nitrogens with zero attached hydrogens (tertiary/aromatic N) is 3. The Morgan fingerprint density at radius 2 is 2.00 bits per heavy atom. The fourth-order valence-corrected chi connectivity index (χ4v) is 4.83. The molecule has 7 heteroatoms. The summed E-state index contributed by atoms with van der Waals surface area (Å²) in [6.45, 7) is 0. The zero-order valence-corrected chi connectivity index (χ0v) is 14.4. The van der Waals surface area contributed by atoms with Crippen molar-refractivity contribution in [3.05, 3.63) is 24.7 Å². The molecule has 0 atom stereocenters. The summed E-state index contributed by atoms with van der Waals surface area (Å²) < 4.78 is 0. The Balaban J connectivity index is 1.34. The van der Waals surface area contributed by atoms with E-state index in [-0.39, 0.29) is 5.92 Å².